The smallest absolute Gasteiger partial charge is 0.119 e. The first kappa shape index (κ1) is 15.8. The van der Waals surface area contributed by atoms with Gasteiger partial charge in [-0.2, -0.15) is 0 Å². The molecule has 0 amide bonds. The van der Waals surface area contributed by atoms with Crippen molar-refractivity contribution in [3.05, 3.63) is 28.7 Å². The molecule has 5 heteroatoms. The van der Waals surface area contributed by atoms with Gasteiger partial charge >= 0.3 is 0 Å². The van der Waals surface area contributed by atoms with E-state index in [1.807, 2.05) is 24.3 Å². The Balaban J connectivity index is 2.26. The molecule has 0 radical (unpaired) electrons. The third-order valence-electron chi connectivity index (χ3n) is 2.50. The van der Waals surface area contributed by atoms with Crippen molar-refractivity contribution in [3.8, 4) is 5.75 Å². The summed E-state index contributed by atoms with van der Waals surface area (Å²) >= 11 is 9.15. The van der Waals surface area contributed by atoms with Crippen LogP contribution >= 0.6 is 27.5 Å². The minimum Gasteiger partial charge on any atom is -0.492 e. The van der Waals surface area contributed by atoms with E-state index in [0.717, 1.165) is 36.5 Å². The van der Waals surface area contributed by atoms with Crippen molar-refractivity contribution in [2.24, 2.45) is 0 Å². The predicted molar refractivity (Wildman–Crippen MR) is 78.7 cm³/mol. The van der Waals surface area contributed by atoms with Gasteiger partial charge in [-0.05, 0) is 24.3 Å². The lowest BCUT2D eigenvalue weighted by atomic mass is 10.3. The number of benzene rings is 1. The SMILES string of the molecule is COCCN(CCCl)CCOc1ccc(Br)cc1. The summed E-state index contributed by atoms with van der Waals surface area (Å²) in [4.78, 5) is 2.23. The standard InChI is InChI=1S/C13H19BrClNO2/c1-17-10-8-16(7-6-15)9-11-18-13-4-2-12(14)3-5-13/h2-5H,6-11H2,1H3. The molecule has 0 spiro atoms. The van der Waals surface area contributed by atoms with Crippen LogP contribution in [0.15, 0.2) is 28.7 Å². The molecule has 18 heavy (non-hydrogen) atoms. The molecule has 102 valence electrons. The molecule has 1 aromatic rings. The van der Waals surface area contributed by atoms with Gasteiger partial charge in [-0.1, -0.05) is 15.9 Å². The highest BCUT2D eigenvalue weighted by Crippen LogP contribution is 2.15. The molecule has 0 aromatic heterocycles. The van der Waals surface area contributed by atoms with Crippen LogP contribution in [0.25, 0.3) is 0 Å². The van der Waals surface area contributed by atoms with Crippen LogP contribution in [-0.4, -0.2) is 50.7 Å². The summed E-state index contributed by atoms with van der Waals surface area (Å²) in [6.07, 6.45) is 0. The van der Waals surface area contributed by atoms with E-state index in [-0.39, 0.29) is 0 Å². The van der Waals surface area contributed by atoms with Crippen molar-refractivity contribution in [2.45, 2.75) is 0 Å². The minimum atomic E-state index is 0.627. The number of methoxy groups -OCH3 is 1. The Morgan fingerprint density at radius 3 is 2.39 bits per heavy atom. The second-order valence-electron chi connectivity index (χ2n) is 3.83. The quantitative estimate of drug-likeness (QED) is 0.647. The van der Waals surface area contributed by atoms with Gasteiger partial charge in [0, 0.05) is 37.1 Å². The van der Waals surface area contributed by atoms with Gasteiger partial charge in [0.25, 0.3) is 0 Å². The Hall–Kier alpha value is -0.290. The highest BCUT2D eigenvalue weighted by Gasteiger charge is 2.04. The van der Waals surface area contributed by atoms with Gasteiger partial charge in [0.2, 0.25) is 0 Å². The van der Waals surface area contributed by atoms with Crippen molar-refractivity contribution >= 4 is 27.5 Å². The minimum absolute atomic E-state index is 0.627. The number of alkyl halides is 1. The maximum absolute atomic E-state index is 5.76. The number of hydrogen-bond donors (Lipinski definition) is 0. The fourth-order valence-electron chi connectivity index (χ4n) is 1.50. The highest BCUT2D eigenvalue weighted by molar-refractivity contribution is 9.10. The zero-order chi connectivity index (χ0) is 13.2. The van der Waals surface area contributed by atoms with E-state index in [2.05, 4.69) is 20.8 Å². The van der Waals surface area contributed by atoms with Gasteiger partial charge in [-0.15, -0.1) is 11.6 Å². The van der Waals surface area contributed by atoms with E-state index in [4.69, 9.17) is 21.1 Å². The molecule has 0 unspecified atom stereocenters. The van der Waals surface area contributed by atoms with Crippen molar-refractivity contribution in [1.29, 1.82) is 0 Å². The van der Waals surface area contributed by atoms with Crippen LogP contribution in [0.3, 0.4) is 0 Å². The molecule has 0 saturated carbocycles. The Morgan fingerprint density at radius 1 is 1.11 bits per heavy atom. The molecule has 0 heterocycles. The Labute approximate surface area is 122 Å². The summed E-state index contributed by atoms with van der Waals surface area (Å²) in [5, 5.41) is 0. The summed E-state index contributed by atoms with van der Waals surface area (Å²) in [6, 6.07) is 7.84. The summed E-state index contributed by atoms with van der Waals surface area (Å²) in [5.74, 6) is 1.51. The average Bonchev–Trinajstić information content (AvgIpc) is 2.38. The van der Waals surface area contributed by atoms with Crippen molar-refractivity contribution in [3.63, 3.8) is 0 Å². The first-order chi connectivity index (χ1) is 8.76. The first-order valence-corrected chi connectivity index (χ1v) is 7.24. The molecule has 0 aliphatic heterocycles. The molecule has 0 saturated heterocycles. The largest absolute Gasteiger partial charge is 0.492 e. The normalized spacial score (nSPS) is 10.9. The molecule has 0 aliphatic rings. The summed E-state index contributed by atoms with van der Waals surface area (Å²) in [5.41, 5.74) is 0. The topological polar surface area (TPSA) is 21.7 Å². The summed E-state index contributed by atoms with van der Waals surface area (Å²) in [6.45, 7) is 3.96. The molecule has 3 nitrogen and oxygen atoms in total. The molecule has 0 N–H and O–H groups in total. The second kappa shape index (κ2) is 9.62. The number of rotatable bonds is 9. The molecular weight excluding hydrogens is 318 g/mol. The van der Waals surface area contributed by atoms with Crippen LogP contribution in [0.4, 0.5) is 0 Å². The average molecular weight is 337 g/mol. The number of nitrogens with zero attached hydrogens (tertiary/aromatic N) is 1. The number of halogens is 2. The summed E-state index contributed by atoms with van der Waals surface area (Å²) in [7, 11) is 1.71. The van der Waals surface area contributed by atoms with Gasteiger partial charge in [-0.3, -0.25) is 4.90 Å². The fourth-order valence-corrected chi connectivity index (χ4v) is 2.00. The molecule has 1 aromatic carbocycles. The Kier molecular flexibility index (Phi) is 8.42. The van der Waals surface area contributed by atoms with E-state index in [9.17, 15) is 0 Å². The lowest BCUT2D eigenvalue weighted by molar-refractivity contribution is 0.139. The van der Waals surface area contributed by atoms with Crippen molar-refractivity contribution in [2.75, 3.05) is 45.8 Å². The van der Waals surface area contributed by atoms with Crippen LogP contribution in [0.1, 0.15) is 0 Å². The van der Waals surface area contributed by atoms with Crippen LogP contribution in [0, 0.1) is 0 Å². The van der Waals surface area contributed by atoms with Gasteiger partial charge in [0.15, 0.2) is 0 Å². The molecule has 0 atom stereocenters. The van der Waals surface area contributed by atoms with Gasteiger partial charge in [-0.25, -0.2) is 0 Å². The third kappa shape index (κ3) is 6.59. The lowest BCUT2D eigenvalue weighted by Gasteiger charge is -2.20. The fraction of sp³-hybridized carbons (Fsp3) is 0.538. The van der Waals surface area contributed by atoms with Crippen LogP contribution < -0.4 is 4.74 Å². The van der Waals surface area contributed by atoms with E-state index in [1.54, 1.807) is 7.11 Å². The zero-order valence-corrected chi connectivity index (χ0v) is 12.9. The van der Waals surface area contributed by atoms with Crippen LogP contribution in [0.5, 0.6) is 5.75 Å². The molecule has 0 fully saturated rings. The maximum Gasteiger partial charge on any atom is 0.119 e. The van der Waals surface area contributed by atoms with Crippen molar-refractivity contribution < 1.29 is 9.47 Å². The van der Waals surface area contributed by atoms with E-state index in [1.165, 1.54) is 0 Å². The zero-order valence-electron chi connectivity index (χ0n) is 10.6. The van der Waals surface area contributed by atoms with Crippen LogP contribution in [-0.2, 0) is 4.74 Å². The maximum atomic E-state index is 5.76. The van der Waals surface area contributed by atoms with E-state index >= 15 is 0 Å². The number of ether oxygens (including phenoxy) is 2. The Bertz CT molecular complexity index is 321. The van der Waals surface area contributed by atoms with Gasteiger partial charge < -0.3 is 9.47 Å². The van der Waals surface area contributed by atoms with Gasteiger partial charge in [0.05, 0.1) is 6.61 Å². The van der Waals surface area contributed by atoms with Gasteiger partial charge in [0.1, 0.15) is 12.4 Å². The van der Waals surface area contributed by atoms with Crippen LogP contribution in [0.2, 0.25) is 0 Å². The molecule has 0 aliphatic carbocycles. The monoisotopic (exact) mass is 335 g/mol. The Morgan fingerprint density at radius 2 is 1.78 bits per heavy atom. The summed E-state index contributed by atoms with van der Waals surface area (Å²) < 4.78 is 11.8. The molecular formula is C13H19BrClNO2. The molecule has 1 rings (SSSR count). The predicted octanol–water partition coefficient (Wildman–Crippen LogP) is 3.02. The highest BCUT2D eigenvalue weighted by atomic mass is 79.9. The van der Waals surface area contributed by atoms with E-state index in [0.29, 0.717) is 12.5 Å². The third-order valence-corrected chi connectivity index (χ3v) is 3.20. The molecule has 0 bridgehead atoms. The van der Waals surface area contributed by atoms with E-state index < -0.39 is 0 Å². The lowest BCUT2D eigenvalue weighted by Crippen LogP contribution is -2.33. The number of hydrogen-bond acceptors (Lipinski definition) is 3. The van der Waals surface area contributed by atoms with Crippen molar-refractivity contribution in [1.82, 2.24) is 4.90 Å². The second-order valence-corrected chi connectivity index (χ2v) is 5.12. The first-order valence-electron chi connectivity index (χ1n) is 5.92.